The summed E-state index contributed by atoms with van der Waals surface area (Å²) in [6.45, 7) is 0.197. The molecule has 0 unspecified atom stereocenters. The number of hydrogen-bond donors (Lipinski definition) is 0. The second-order valence-electron chi connectivity index (χ2n) is 6.09. The Balaban J connectivity index is 2.09. The third-order valence-corrected chi connectivity index (χ3v) is 4.34. The Morgan fingerprint density at radius 3 is 2.11 bits per heavy atom. The number of nitro groups is 2. The Bertz CT molecular complexity index is 870. The molecule has 1 aliphatic heterocycles. The molecule has 0 amide bonds. The van der Waals surface area contributed by atoms with E-state index in [0.717, 1.165) is 5.56 Å². The zero-order valence-corrected chi connectivity index (χ0v) is 14.3. The Labute approximate surface area is 156 Å². The fourth-order valence-electron chi connectivity index (χ4n) is 3.09. The van der Waals surface area contributed by atoms with Gasteiger partial charge < -0.3 is 9.64 Å². The molecular formula is C17H14F3N3O5. The molecule has 0 saturated carbocycles. The standard InChI is InChI=1S/C17H14F3N3O5/c18-17(19,20)12-8-13(22(24)25)16(14(9-12)23(26)27)21-6-7-28-15(10-21)11-4-2-1-3-5-11/h1-5,8-9,15H,6-7,10H2/t15-/m1/s1. The molecule has 1 atom stereocenters. The summed E-state index contributed by atoms with van der Waals surface area (Å²) in [4.78, 5) is 22.1. The molecule has 2 aromatic carbocycles. The number of rotatable bonds is 4. The monoisotopic (exact) mass is 397 g/mol. The van der Waals surface area contributed by atoms with Crippen LogP contribution in [0.1, 0.15) is 17.2 Å². The van der Waals surface area contributed by atoms with Gasteiger partial charge in [-0.25, -0.2) is 0 Å². The molecule has 1 fully saturated rings. The zero-order valence-electron chi connectivity index (χ0n) is 14.3. The molecule has 1 saturated heterocycles. The average molecular weight is 397 g/mol. The SMILES string of the molecule is O=[N+]([O-])c1cc(C(F)(F)F)cc([N+](=O)[O-])c1N1CCO[C@@H](c2ccccc2)C1. The number of anilines is 1. The summed E-state index contributed by atoms with van der Waals surface area (Å²) in [6.07, 6.45) is -5.48. The Kier molecular flexibility index (Phi) is 5.18. The van der Waals surface area contributed by atoms with Crippen molar-refractivity contribution in [1.29, 1.82) is 0 Å². The minimum Gasteiger partial charge on any atom is -0.370 e. The molecule has 0 aromatic heterocycles. The maximum absolute atomic E-state index is 13.1. The molecule has 148 valence electrons. The van der Waals surface area contributed by atoms with Crippen molar-refractivity contribution in [3.63, 3.8) is 0 Å². The third kappa shape index (κ3) is 3.88. The first kappa shape index (κ1) is 19.5. The number of nitrogens with zero attached hydrogens (tertiary/aromatic N) is 3. The molecule has 3 rings (SSSR count). The van der Waals surface area contributed by atoms with E-state index in [9.17, 15) is 33.4 Å². The lowest BCUT2D eigenvalue weighted by atomic mass is 10.1. The zero-order chi connectivity index (χ0) is 20.5. The Morgan fingerprint density at radius 1 is 1.04 bits per heavy atom. The largest absolute Gasteiger partial charge is 0.416 e. The van der Waals surface area contributed by atoms with E-state index < -0.39 is 44.8 Å². The van der Waals surface area contributed by atoms with E-state index in [-0.39, 0.29) is 19.7 Å². The predicted molar refractivity (Wildman–Crippen MR) is 92.1 cm³/mol. The van der Waals surface area contributed by atoms with E-state index in [2.05, 4.69) is 0 Å². The van der Waals surface area contributed by atoms with Crippen LogP contribution in [0, 0.1) is 20.2 Å². The summed E-state index contributed by atoms with van der Waals surface area (Å²) >= 11 is 0. The highest BCUT2D eigenvalue weighted by atomic mass is 19.4. The molecule has 11 heteroatoms. The van der Waals surface area contributed by atoms with Crippen LogP contribution in [-0.4, -0.2) is 29.5 Å². The van der Waals surface area contributed by atoms with Crippen molar-refractivity contribution >= 4 is 17.1 Å². The first-order chi connectivity index (χ1) is 13.2. The van der Waals surface area contributed by atoms with Gasteiger partial charge in [-0.1, -0.05) is 30.3 Å². The van der Waals surface area contributed by atoms with E-state index in [4.69, 9.17) is 4.74 Å². The van der Waals surface area contributed by atoms with Crippen LogP contribution in [0.25, 0.3) is 0 Å². The van der Waals surface area contributed by atoms with E-state index in [0.29, 0.717) is 12.1 Å². The van der Waals surface area contributed by atoms with Crippen LogP contribution in [0.5, 0.6) is 0 Å². The summed E-state index contributed by atoms with van der Waals surface area (Å²) < 4.78 is 44.8. The van der Waals surface area contributed by atoms with Crippen molar-refractivity contribution in [3.8, 4) is 0 Å². The van der Waals surface area contributed by atoms with Crippen molar-refractivity contribution < 1.29 is 27.8 Å². The molecule has 1 heterocycles. The van der Waals surface area contributed by atoms with Gasteiger partial charge in [-0.05, 0) is 5.56 Å². The van der Waals surface area contributed by atoms with Crippen LogP contribution in [0.2, 0.25) is 0 Å². The molecule has 0 bridgehead atoms. The number of alkyl halides is 3. The van der Waals surface area contributed by atoms with Gasteiger partial charge in [-0.3, -0.25) is 20.2 Å². The molecular weight excluding hydrogens is 383 g/mol. The summed E-state index contributed by atoms with van der Waals surface area (Å²) in [5.74, 6) is 0. The van der Waals surface area contributed by atoms with E-state index in [1.54, 1.807) is 30.3 Å². The normalized spacial score (nSPS) is 17.4. The van der Waals surface area contributed by atoms with Gasteiger partial charge >= 0.3 is 6.18 Å². The van der Waals surface area contributed by atoms with Crippen molar-refractivity contribution in [2.45, 2.75) is 12.3 Å². The van der Waals surface area contributed by atoms with Gasteiger partial charge in [0.25, 0.3) is 11.4 Å². The quantitative estimate of drug-likeness (QED) is 0.569. The predicted octanol–water partition coefficient (Wildman–Crippen LogP) is 4.10. The smallest absolute Gasteiger partial charge is 0.370 e. The summed E-state index contributed by atoms with van der Waals surface area (Å²) in [5.41, 5.74) is -3.07. The number of nitro benzene ring substituents is 2. The van der Waals surface area contributed by atoms with Crippen LogP contribution in [0.3, 0.4) is 0 Å². The Hall–Kier alpha value is -3.21. The van der Waals surface area contributed by atoms with Crippen LogP contribution in [-0.2, 0) is 10.9 Å². The number of halogens is 3. The summed E-state index contributed by atoms with van der Waals surface area (Å²) in [6, 6.07) is 9.51. The number of hydrogen-bond acceptors (Lipinski definition) is 6. The molecule has 0 N–H and O–H groups in total. The van der Waals surface area contributed by atoms with Gasteiger partial charge in [0.1, 0.15) is 6.10 Å². The van der Waals surface area contributed by atoms with Crippen LogP contribution in [0.4, 0.5) is 30.2 Å². The van der Waals surface area contributed by atoms with Gasteiger partial charge in [0.2, 0.25) is 0 Å². The maximum Gasteiger partial charge on any atom is 0.416 e. The van der Waals surface area contributed by atoms with E-state index in [1.165, 1.54) is 4.90 Å². The average Bonchev–Trinajstić information content (AvgIpc) is 2.67. The molecule has 0 spiro atoms. The molecule has 1 aliphatic rings. The fourth-order valence-corrected chi connectivity index (χ4v) is 3.09. The highest BCUT2D eigenvalue weighted by molar-refractivity contribution is 5.76. The third-order valence-electron chi connectivity index (χ3n) is 4.34. The number of morpholine rings is 1. The van der Waals surface area contributed by atoms with Crippen molar-refractivity contribution in [2.75, 3.05) is 24.6 Å². The van der Waals surface area contributed by atoms with Gasteiger partial charge in [0.05, 0.1) is 22.0 Å². The molecule has 0 radical (unpaired) electrons. The van der Waals surface area contributed by atoms with Crippen LogP contribution >= 0.6 is 0 Å². The van der Waals surface area contributed by atoms with E-state index in [1.807, 2.05) is 0 Å². The first-order valence-corrected chi connectivity index (χ1v) is 8.14. The lowest BCUT2D eigenvalue weighted by molar-refractivity contribution is -0.393. The molecule has 2 aromatic rings. The Morgan fingerprint density at radius 2 is 1.61 bits per heavy atom. The van der Waals surface area contributed by atoms with Crippen molar-refractivity contribution in [1.82, 2.24) is 0 Å². The highest BCUT2D eigenvalue weighted by Gasteiger charge is 2.40. The van der Waals surface area contributed by atoms with Gasteiger partial charge in [0.15, 0.2) is 5.69 Å². The lowest BCUT2D eigenvalue weighted by Crippen LogP contribution is -2.39. The topological polar surface area (TPSA) is 98.8 Å². The molecule has 28 heavy (non-hydrogen) atoms. The van der Waals surface area contributed by atoms with E-state index >= 15 is 0 Å². The second-order valence-corrected chi connectivity index (χ2v) is 6.09. The minimum atomic E-state index is -4.95. The van der Waals surface area contributed by atoms with Crippen LogP contribution < -0.4 is 4.90 Å². The van der Waals surface area contributed by atoms with Gasteiger partial charge in [0, 0.05) is 25.2 Å². The fraction of sp³-hybridized carbons (Fsp3) is 0.294. The molecule has 0 aliphatic carbocycles. The lowest BCUT2D eigenvalue weighted by Gasteiger charge is -2.34. The minimum absolute atomic E-state index is 0.0249. The van der Waals surface area contributed by atoms with Crippen LogP contribution in [0.15, 0.2) is 42.5 Å². The summed E-state index contributed by atoms with van der Waals surface area (Å²) in [5, 5.41) is 22.9. The molecule has 8 nitrogen and oxygen atoms in total. The highest BCUT2D eigenvalue weighted by Crippen LogP contribution is 2.44. The number of benzene rings is 2. The van der Waals surface area contributed by atoms with Gasteiger partial charge in [-0.15, -0.1) is 0 Å². The van der Waals surface area contributed by atoms with Crippen molar-refractivity contribution in [3.05, 3.63) is 73.8 Å². The van der Waals surface area contributed by atoms with Crippen molar-refractivity contribution in [2.24, 2.45) is 0 Å². The van der Waals surface area contributed by atoms with Gasteiger partial charge in [-0.2, -0.15) is 13.2 Å². The maximum atomic E-state index is 13.1. The first-order valence-electron chi connectivity index (χ1n) is 8.14. The summed E-state index contributed by atoms with van der Waals surface area (Å²) in [7, 11) is 0. The number of ether oxygens (including phenoxy) is 1. The second kappa shape index (κ2) is 7.43.